The fraction of sp³-hybridized carbons (Fsp3) is 0.261. The van der Waals surface area contributed by atoms with Gasteiger partial charge in [0.1, 0.15) is 6.54 Å². The summed E-state index contributed by atoms with van der Waals surface area (Å²) < 4.78 is 38.1. The summed E-state index contributed by atoms with van der Waals surface area (Å²) in [6.07, 6.45) is 7.88. The topological polar surface area (TPSA) is 111 Å². The molecule has 34 heavy (non-hydrogen) atoms. The van der Waals surface area contributed by atoms with E-state index in [-0.39, 0.29) is 41.7 Å². The second kappa shape index (κ2) is 13.0. The minimum absolute atomic E-state index is 0. The van der Waals surface area contributed by atoms with Gasteiger partial charge in [-0.15, -0.1) is 0 Å². The maximum atomic E-state index is 11.2. The van der Waals surface area contributed by atoms with Gasteiger partial charge in [0.25, 0.3) is 10.1 Å². The fourth-order valence-electron chi connectivity index (χ4n) is 3.79. The van der Waals surface area contributed by atoms with Gasteiger partial charge in [-0.2, -0.15) is 17.3 Å². The molecule has 11 heteroatoms. The summed E-state index contributed by atoms with van der Waals surface area (Å²) in [5, 5.41) is 16.8. The monoisotopic (exact) mass is 513 g/mol. The summed E-state index contributed by atoms with van der Waals surface area (Å²) in [6, 6.07) is 15.4. The Hall–Kier alpha value is -1.47. The molecule has 2 N–H and O–H groups in total. The standard InChI is InChI=1S/C23H26N2O6S2.Na/c1-23(2)20-17-19(32-31-30-26)12-13-21(20)25(15-8-16-33(27,28)29)22(23)11-6-7-14-24-18-9-4-3-5-10-18;/h3-7,9-14,17H,8,15-16H2,1-2H3,(H2,26,27,28,29);/q;+1. The van der Waals surface area contributed by atoms with Crippen molar-refractivity contribution in [2.45, 2.75) is 30.6 Å². The number of benzene rings is 2. The molecule has 1 heterocycles. The van der Waals surface area contributed by atoms with E-state index in [0.29, 0.717) is 11.4 Å². The first-order valence-electron chi connectivity index (χ1n) is 10.2. The van der Waals surface area contributed by atoms with Crippen molar-refractivity contribution in [3.8, 4) is 0 Å². The number of fused-ring (bicyclic) bond motifs is 1. The molecular formula is C23H26N2NaO6S2+. The van der Waals surface area contributed by atoms with Gasteiger partial charge in [0.2, 0.25) is 5.69 Å². The van der Waals surface area contributed by atoms with Gasteiger partial charge in [-0.3, -0.25) is 9.59 Å². The van der Waals surface area contributed by atoms with E-state index >= 15 is 0 Å². The van der Waals surface area contributed by atoms with E-state index in [0.717, 1.165) is 34.7 Å². The molecule has 176 valence electrons. The molecule has 3 rings (SSSR count). The molecule has 0 fully saturated rings. The number of hydrogen-bond donors (Lipinski definition) is 2. The summed E-state index contributed by atoms with van der Waals surface area (Å²) >= 11 is 0.821. The molecule has 0 radical (unpaired) electrons. The van der Waals surface area contributed by atoms with Crippen molar-refractivity contribution in [1.29, 1.82) is 0 Å². The van der Waals surface area contributed by atoms with Crippen LogP contribution in [0.3, 0.4) is 0 Å². The molecular weight excluding hydrogens is 487 g/mol. The number of allylic oxidation sites excluding steroid dienone is 3. The van der Waals surface area contributed by atoms with Crippen molar-refractivity contribution < 1.29 is 61.7 Å². The van der Waals surface area contributed by atoms with Gasteiger partial charge in [-0.1, -0.05) is 24.3 Å². The van der Waals surface area contributed by atoms with Crippen LogP contribution in [-0.2, 0) is 24.9 Å². The van der Waals surface area contributed by atoms with Crippen LogP contribution in [0.25, 0.3) is 0 Å². The molecule has 0 atom stereocenters. The van der Waals surface area contributed by atoms with Crippen LogP contribution in [0.4, 0.5) is 11.4 Å². The van der Waals surface area contributed by atoms with Crippen LogP contribution in [0.5, 0.6) is 0 Å². The average molecular weight is 514 g/mol. The summed E-state index contributed by atoms with van der Waals surface area (Å²) in [5.41, 5.74) is 3.47. The van der Waals surface area contributed by atoms with Gasteiger partial charge in [0, 0.05) is 40.9 Å². The SMILES string of the molecule is CC1(C)C(/C=C/C=C/Nc2ccccc2)=[N+](CCCS(=O)(=O)O)c2ccc(SOO[O-])cc21.[Na+]. The summed E-state index contributed by atoms with van der Waals surface area (Å²) in [5.74, 6) is -0.320. The van der Waals surface area contributed by atoms with E-state index in [1.54, 1.807) is 6.07 Å². The first-order valence-corrected chi connectivity index (χ1v) is 12.6. The molecule has 0 saturated carbocycles. The second-order valence-electron chi connectivity index (χ2n) is 7.93. The Labute approximate surface area is 226 Å². The summed E-state index contributed by atoms with van der Waals surface area (Å²) in [7, 11) is -4.04. The number of nitrogens with one attached hydrogen (secondary N) is 1. The van der Waals surface area contributed by atoms with Gasteiger partial charge in [-0.05, 0) is 44.2 Å². The van der Waals surface area contributed by atoms with Crippen molar-refractivity contribution in [3.05, 3.63) is 78.5 Å². The molecule has 2 aromatic carbocycles. The Morgan fingerprint density at radius 1 is 1.18 bits per heavy atom. The van der Waals surface area contributed by atoms with Crippen LogP contribution in [0.1, 0.15) is 25.8 Å². The Balaban J connectivity index is 0.00000408. The largest absolute Gasteiger partial charge is 1.00 e. The maximum absolute atomic E-state index is 11.2. The van der Waals surface area contributed by atoms with Gasteiger partial charge in [0.05, 0.1) is 23.2 Å². The number of rotatable bonds is 11. The minimum Gasteiger partial charge on any atom is -0.691 e. The Morgan fingerprint density at radius 3 is 2.59 bits per heavy atom. The van der Waals surface area contributed by atoms with E-state index in [4.69, 9.17) is 4.55 Å². The molecule has 0 bridgehead atoms. The molecule has 0 aromatic heterocycles. The van der Waals surface area contributed by atoms with Crippen LogP contribution >= 0.6 is 12.0 Å². The quantitative estimate of drug-likeness (QED) is 0.0862. The van der Waals surface area contributed by atoms with Gasteiger partial charge in [-0.25, -0.2) is 0 Å². The van der Waals surface area contributed by atoms with Crippen LogP contribution in [-0.4, -0.2) is 35.6 Å². The first-order chi connectivity index (χ1) is 15.7. The molecule has 2 aromatic rings. The average Bonchev–Trinajstić information content (AvgIpc) is 2.98. The van der Waals surface area contributed by atoms with Crippen LogP contribution in [0.2, 0.25) is 0 Å². The zero-order chi connectivity index (χ0) is 23.9. The molecule has 0 saturated heterocycles. The molecule has 0 amide bonds. The zero-order valence-corrected chi connectivity index (χ0v) is 22.9. The number of hydrogen-bond acceptors (Lipinski definition) is 7. The third-order valence-corrected chi connectivity index (χ3v) is 6.67. The van der Waals surface area contributed by atoms with Gasteiger partial charge < -0.3 is 10.6 Å². The van der Waals surface area contributed by atoms with Crippen LogP contribution in [0.15, 0.2) is 77.9 Å². The van der Waals surface area contributed by atoms with E-state index in [9.17, 15) is 13.7 Å². The Morgan fingerprint density at radius 2 is 1.91 bits per heavy atom. The van der Waals surface area contributed by atoms with E-state index in [1.165, 1.54) is 0 Å². The minimum atomic E-state index is -4.04. The zero-order valence-electron chi connectivity index (χ0n) is 19.3. The third kappa shape index (κ3) is 7.77. The fourth-order valence-corrected chi connectivity index (χ4v) is 4.68. The van der Waals surface area contributed by atoms with Crippen molar-refractivity contribution in [2.24, 2.45) is 0 Å². The number of para-hydroxylation sites is 1. The molecule has 0 spiro atoms. The molecule has 1 aliphatic rings. The first kappa shape index (κ1) is 28.8. The van der Waals surface area contributed by atoms with E-state index in [1.807, 2.05) is 66.9 Å². The molecule has 0 aliphatic carbocycles. The second-order valence-corrected chi connectivity index (χ2v) is 10.3. The molecule has 0 unspecified atom stereocenters. The predicted octanol–water partition coefficient (Wildman–Crippen LogP) is 0.757. The maximum Gasteiger partial charge on any atom is 1.00 e. The van der Waals surface area contributed by atoms with Crippen molar-refractivity contribution >= 4 is 39.2 Å². The molecule has 1 aliphatic heterocycles. The van der Waals surface area contributed by atoms with Crippen molar-refractivity contribution in [2.75, 3.05) is 17.6 Å². The van der Waals surface area contributed by atoms with Gasteiger partial charge in [0.15, 0.2) is 5.71 Å². The smallest absolute Gasteiger partial charge is 0.691 e. The van der Waals surface area contributed by atoms with Gasteiger partial charge >= 0.3 is 29.6 Å². The third-order valence-electron chi connectivity index (χ3n) is 5.29. The summed E-state index contributed by atoms with van der Waals surface area (Å²) in [4.78, 5) is 0.702. The van der Waals surface area contributed by atoms with Crippen molar-refractivity contribution in [3.63, 3.8) is 0 Å². The number of nitrogens with zero attached hydrogens (tertiary/aromatic N) is 1. The Bertz CT molecular complexity index is 1170. The molecule has 8 nitrogen and oxygen atoms in total. The normalized spacial score (nSPS) is 15.1. The van der Waals surface area contributed by atoms with E-state index < -0.39 is 15.5 Å². The van der Waals surface area contributed by atoms with Crippen LogP contribution < -0.4 is 40.1 Å². The number of anilines is 1. The Kier molecular flexibility index (Phi) is 11.0. The van der Waals surface area contributed by atoms with E-state index in [2.05, 4.69) is 33.1 Å². The summed E-state index contributed by atoms with van der Waals surface area (Å²) in [6.45, 7) is 4.55. The van der Waals surface area contributed by atoms with Crippen molar-refractivity contribution in [1.82, 2.24) is 0 Å². The predicted molar refractivity (Wildman–Crippen MR) is 127 cm³/mol. The van der Waals surface area contributed by atoms with Crippen LogP contribution in [0, 0.1) is 0 Å².